The molecule has 1 N–H and O–H groups in total. The first-order chi connectivity index (χ1) is 11.7. The highest BCUT2D eigenvalue weighted by molar-refractivity contribution is 5.97. The summed E-state index contributed by atoms with van der Waals surface area (Å²) in [6.07, 6.45) is 4.84. The Morgan fingerprint density at radius 2 is 1.75 bits per heavy atom. The molecule has 2 fully saturated rings. The third kappa shape index (κ3) is 3.63. The number of amides is 2. The van der Waals surface area contributed by atoms with Gasteiger partial charge in [-0.05, 0) is 56.4 Å². The summed E-state index contributed by atoms with van der Waals surface area (Å²) in [5, 5.41) is 2.92. The van der Waals surface area contributed by atoms with E-state index < -0.39 is 12.1 Å². The van der Waals surface area contributed by atoms with Gasteiger partial charge in [-0.25, -0.2) is 4.79 Å². The summed E-state index contributed by atoms with van der Waals surface area (Å²) in [4.78, 5) is 28.1. The topological polar surface area (TPSA) is 61.9 Å². The number of benzene rings is 1. The number of piperidine rings is 1. The maximum absolute atomic E-state index is 12.5. The average molecular weight is 331 g/mol. The lowest BCUT2D eigenvalue weighted by atomic mass is 10.1. The summed E-state index contributed by atoms with van der Waals surface area (Å²) in [7, 11) is 1.34. The Balaban J connectivity index is 1.61. The van der Waals surface area contributed by atoms with Gasteiger partial charge in [-0.1, -0.05) is 0 Å². The quantitative estimate of drug-likeness (QED) is 0.925. The predicted molar refractivity (Wildman–Crippen MR) is 93.3 cm³/mol. The molecule has 1 aromatic carbocycles. The SMILES string of the molecule is COC(=O)N1CCCC1C(=O)Nc1ccc(N2CCCCC2)cc1. The number of carbonyl (C=O) groups is 2. The Labute approximate surface area is 142 Å². The minimum atomic E-state index is -0.445. The molecular formula is C18H25N3O3. The fourth-order valence-corrected chi connectivity index (χ4v) is 3.51. The van der Waals surface area contributed by atoms with Crippen LogP contribution in [0, 0.1) is 0 Å². The Bertz CT molecular complexity index is 582. The van der Waals surface area contributed by atoms with Crippen LogP contribution in [0.15, 0.2) is 24.3 Å². The second-order valence-corrected chi connectivity index (χ2v) is 6.41. The zero-order valence-electron chi connectivity index (χ0n) is 14.2. The third-order valence-corrected chi connectivity index (χ3v) is 4.82. The molecule has 2 amide bonds. The monoisotopic (exact) mass is 331 g/mol. The van der Waals surface area contributed by atoms with Crippen molar-refractivity contribution >= 4 is 23.4 Å². The van der Waals surface area contributed by atoms with Crippen LogP contribution < -0.4 is 10.2 Å². The fourth-order valence-electron chi connectivity index (χ4n) is 3.51. The van der Waals surface area contributed by atoms with Crippen LogP contribution in [0.3, 0.4) is 0 Å². The normalized spacial score (nSPS) is 20.8. The molecule has 0 spiro atoms. The highest BCUT2D eigenvalue weighted by Crippen LogP contribution is 2.23. The molecule has 1 atom stereocenters. The smallest absolute Gasteiger partial charge is 0.410 e. The Morgan fingerprint density at radius 1 is 1.04 bits per heavy atom. The summed E-state index contributed by atoms with van der Waals surface area (Å²) in [6.45, 7) is 2.77. The van der Waals surface area contributed by atoms with Gasteiger partial charge in [0.25, 0.3) is 0 Å². The van der Waals surface area contributed by atoms with Crippen LogP contribution in [0.2, 0.25) is 0 Å². The Morgan fingerprint density at radius 3 is 2.42 bits per heavy atom. The first kappa shape index (κ1) is 16.6. The molecule has 2 aliphatic heterocycles. The molecule has 0 radical (unpaired) electrons. The maximum Gasteiger partial charge on any atom is 0.410 e. The summed E-state index contributed by atoms with van der Waals surface area (Å²) in [6, 6.07) is 7.51. The van der Waals surface area contributed by atoms with Gasteiger partial charge in [0.05, 0.1) is 7.11 Å². The number of nitrogens with one attached hydrogen (secondary N) is 1. The summed E-state index contributed by atoms with van der Waals surface area (Å²) >= 11 is 0. The minimum Gasteiger partial charge on any atom is -0.453 e. The molecule has 6 heteroatoms. The number of ether oxygens (including phenoxy) is 1. The second-order valence-electron chi connectivity index (χ2n) is 6.41. The third-order valence-electron chi connectivity index (χ3n) is 4.82. The number of carbonyl (C=O) groups excluding carboxylic acids is 2. The molecule has 130 valence electrons. The van der Waals surface area contributed by atoms with Crippen molar-refractivity contribution in [1.82, 2.24) is 4.90 Å². The van der Waals surface area contributed by atoms with Crippen LogP contribution in [-0.4, -0.2) is 49.7 Å². The highest BCUT2D eigenvalue weighted by Gasteiger charge is 2.34. The minimum absolute atomic E-state index is 0.149. The number of anilines is 2. The molecule has 1 unspecified atom stereocenters. The van der Waals surface area contributed by atoms with Crippen molar-refractivity contribution in [2.24, 2.45) is 0 Å². The molecule has 0 aliphatic carbocycles. The van der Waals surface area contributed by atoms with Crippen LogP contribution in [0.4, 0.5) is 16.2 Å². The number of rotatable bonds is 3. The van der Waals surface area contributed by atoms with Gasteiger partial charge in [0, 0.05) is 31.0 Å². The number of hydrogen-bond donors (Lipinski definition) is 1. The van der Waals surface area contributed by atoms with Crippen molar-refractivity contribution in [3.05, 3.63) is 24.3 Å². The lowest BCUT2D eigenvalue weighted by Gasteiger charge is -2.29. The molecule has 2 heterocycles. The molecule has 3 rings (SSSR count). The van der Waals surface area contributed by atoms with E-state index in [0.717, 1.165) is 25.2 Å². The summed E-state index contributed by atoms with van der Waals surface area (Å²) in [5.41, 5.74) is 1.96. The van der Waals surface area contributed by atoms with E-state index in [2.05, 4.69) is 10.2 Å². The van der Waals surface area contributed by atoms with Gasteiger partial charge >= 0.3 is 6.09 Å². The largest absolute Gasteiger partial charge is 0.453 e. The van der Waals surface area contributed by atoms with Gasteiger partial charge in [0.1, 0.15) is 6.04 Å². The Hall–Kier alpha value is -2.24. The summed E-state index contributed by atoms with van der Waals surface area (Å²) in [5.74, 6) is -0.149. The van der Waals surface area contributed by atoms with Gasteiger partial charge in [-0.2, -0.15) is 0 Å². The van der Waals surface area contributed by atoms with Gasteiger partial charge in [-0.3, -0.25) is 9.69 Å². The molecule has 0 saturated carbocycles. The van der Waals surface area contributed by atoms with Gasteiger partial charge in [0.15, 0.2) is 0 Å². The van der Waals surface area contributed by atoms with Crippen molar-refractivity contribution < 1.29 is 14.3 Å². The van der Waals surface area contributed by atoms with Crippen molar-refractivity contribution in [2.75, 3.05) is 37.0 Å². The summed E-state index contributed by atoms with van der Waals surface area (Å²) < 4.78 is 4.75. The molecular weight excluding hydrogens is 306 g/mol. The van der Waals surface area contributed by atoms with Crippen molar-refractivity contribution in [3.8, 4) is 0 Å². The number of likely N-dealkylation sites (tertiary alicyclic amines) is 1. The van der Waals surface area contributed by atoms with E-state index in [0.29, 0.717) is 13.0 Å². The molecule has 0 bridgehead atoms. The molecule has 0 aromatic heterocycles. The second kappa shape index (κ2) is 7.55. The highest BCUT2D eigenvalue weighted by atomic mass is 16.5. The lowest BCUT2D eigenvalue weighted by molar-refractivity contribution is -0.119. The number of hydrogen-bond acceptors (Lipinski definition) is 4. The van der Waals surface area contributed by atoms with E-state index in [-0.39, 0.29) is 5.91 Å². The van der Waals surface area contributed by atoms with Crippen molar-refractivity contribution in [2.45, 2.75) is 38.1 Å². The predicted octanol–water partition coefficient (Wildman–Crippen LogP) is 2.85. The van der Waals surface area contributed by atoms with Gasteiger partial charge in [-0.15, -0.1) is 0 Å². The van der Waals surface area contributed by atoms with E-state index in [4.69, 9.17) is 4.74 Å². The fraction of sp³-hybridized carbons (Fsp3) is 0.556. The average Bonchev–Trinajstić information content (AvgIpc) is 3.12. The standard InChI is InChI=1S/C18H25N3O3/c1-24-18(23)21-13-5-6-16(21)17(22)19-14-7-9-15(10-8-14)20-11-3-2-4-12-20/h7-10,16H,2-6,11-13H2,1H3,(H,19,22). The lowest BCUT2D eigenvalue weighted by Crippen LogP contribution is -2.43. The van der Waals surface area contributed by atoms with E-state index in [1.54, 1.807) is 0 Å². The molecule has 1 aromatic rings. The van der Waals surface area contributed by atoms with E-state index in [1.807, 2.05) is 24.3 Å². The zero-order chi connectivity index (χ0) is 16.9. The molecule has 24 heavy (non-hydrogen) atoms. The van der Waals surface area contributed by atoms with Crippen LogP contribution >= 0.6 is 0 Å². The van der Waals surface area contributed by atoms with Gasteiger partial charge in [0.2, 0.25) is 5.91 Å². The Kier molecular flexibility index (Phi) is 5.23. The maximum atomic E-state index is 12.5. The van der Waals surface area contributed by atoms with Crippen LogP contribution in [0.1, 0.15) is 32.1 Å². The molecule has 2 saturated heterocycles. The molecule has 2 aliphatic rings. The number of methoxy groups -OCH3 is 1. The molecule has 6 nitrogen and oxygen atoms in total. The van der Waals surface area contributed by atoms with Crippen LogP contribution in [-0.2, 0) is 9.53 Å². The van der Waals surface area contributed by atoms with Crippen LogP contribution in [0.25, 0.3) is 0 Å². The first-order valence-corrected chi connectivity index (χ1v) is 8.69. The zero-order valence-corrected chi connectivity index (χ0v) is 14.2. The van der Waals surface area contributed by atoms with Gasteiger partial charge < -0.3 is 15.0 Å². The number of nitrogens with zero attached hydrogens (tertiary/aromatic N) is 2. The van der Waals surface area contributed by atoms with E-state index in [9.17, 15) is 9.59 Å². The van der Waals surface area contributed by atoms with Crippen molar-refractivity contribution in [3.63, 3.8) is 0 Å². The van der Waals surface area contributed by atoms with E-state index >= 15 is 0 Å². The van der Waals surface area contributed by atoms with E-state index in [1.165, 1.54) is 37.0 Å². The van der Waals surface area contributed by atoms with Crippen LogP contribution in [0.5, 0.6) is 0 Å². The first-order valence-electron chi connectivity index (χ1n) is 8.69. The van der Waals surface area contributed by atoms with Crippen molar-refractivity contribution in [1.29, 1.82) is 0 Å².